The molecule has 2 rings (SSSR count). The van der Waals surface area contributed by atoms with Crippen LogP contribution in [-0.2, 0) is 14.3 Å². The van der Waals surface area contributed by atoms with Crippen LogP contribution in [0, 0.1) is 0 Å². The topological polar surface area (TPSA) is 84.9 Å². The predicted octanol–water partition coefficient (Wildman–Crippen LogP) is 1.16. The van der Waals surface area contributed by atoms with Gasteiger partial charge in [-0.1, -0.05) is 18.2 Å². The van der Waals surface area contributed by atoms with Crippen molar-refractivity contribution in [1.29, 1.82) is 0 Å². The number of carbonyl (C=O) groups excluding carboxylic acids is 1. The lowest BCUT2D eigenvalue weighted by molar-refractivity contribution is -0.149. The molecule has 114 valence electrons. The zero-order valence-corrected chi connectivity index (χ0v) is 12.1. The number of benzene rings is 1. The third-order valence-electron chi connectivity index (χ3n) is 3.58. The maximum Gasteiger partial charge on any atom is 0.331 e. The van der Waals surface area contributed by atoms with Gasteiger partial charge < -0.3 is 19.9 Å². The molecule has 0 spiro atoms. The molecule has 6 nitrogen and oxygen atoms in total. The number of carboxylic acids is 1. The van der Waals surface area contributed by atoms with Gasteiger partial charge in [0.05, 0.1) is 19.1 Å². The van der Waals surface area contributed by atoms with Crippen molar-refractivity contribution < 1.29 is 24.2 Å². The van der Waals surface area contributed by atoms with Gasteiger partial charge in [-0.3, -0.25) is 4.79 Å². The molecule has 1 aliphatic rings. The number of hydrogen-bond donors (Lipinski definition) is 2. The van der Waals surface area contributed by atoms with Crippen molar-refractivity contribution >= 4 is 11.9 Å². The van der Waals surface area contributed by atoms with Crippen LogP contribution in [0.15, 0.2) is 24.3 Å². The van der Waals surface area contributed by atoms with Crippen molar-refractivity contribution in [2.24, 2.45) is 0 Å². The maximum atomic E-state index is 12.5. The lowest BCUT2D eigenvalue weighted by atomic mass is 9.91. The fourth-order valence-electron chi connectivity index (χ4n) is 2.41. The Morgan fingerprint density at radius 3 is 2.86 bits per heavy atom. The molecule has 2 N–H and O–H groups in total. The zero-order valence-electron chi connectivity index (χ0n) is 12.1. The van der Waals surface area contributed by atoms with E-state index in [0.717, 1.165) is 5.56 Å². The van der Waals surface area contributed by atoms with Crippen molar-refractivity contribution in [3.8, 4) is 5.75 Å². The molecule has 2 unspecified atom stereocenters. The van der Waals surface area contributed by atoms with Gasteiger partial charge in [-0.05, 0) is 19.4 Å². The standard InChI is InChI=1S/C15H19NO5/c1-15(9-20-2,14(18)19)16-13(17)11-7-8-21-12-6-4-3-5-10(11)12/h3-6,11H,7-9H2,1-2H3,(H,16,17)(H,18,19). The van der Waals surface area contributed by atoms with Gasteiger partial charge in [0.15, 0.2) is 5.54 Å². The quantitative estimate of drug-likeness (QED) is 0.851. The minimum Gasteiger partial charge on any atom is -0.493 e. The first-order chi connectivity index (χ1) is 9.98. The number of hydrogen-bond acceptors (Lipinski definition) is 4. The Hall–Kier alpha value is -2.08. The smallest absolute Gasteiger partial charge is 0.331 e. The van der Waals surface area contributed by atoms with E-state index < -0.39 is 17.4 Å². The van der Waals surface area contributed by atoms with Gasteiger partial charge in [-0.15, -0.1) is 0 Å². The first-order valence-corrected chi connectivity index (χ1v) is 6.74. The Balaban J connectivity index is 2.20. The Labute approximate surface area is 123 Å². The SMILES string of the molecule is COCC(C)(NC(=O)C1CCOc2ccccc21)C(=O)O. The molecule has 2 atom stereocenters. The molecule has 0 bridgehead atoms. The minimum absolute atomic E-state index is 0.0983. The van der Waals surface area contributed by atoms with E-state index in [1.54, 1.807) is 6.07 Å². The Kier molecular flexibility index (Phi) is 4.47. The van der Waals surface area contributed by atoms with Crippen LogP contribution < -0.4 is 10.1 Å². The van der Waals surface area contributed by atoms with Gasteiger partial charge in [0.25, 0.3) is 0 Å². The molecule has 1 heterocycles. The summed E-state index contributed by atoms with van der Waals surface area (Å²) in [5, 5.41) is 11.9. The molecule has 6 heteroatoms. The Morgan fingerprint density at radius 1 is 1.48 bits per heavy atom. The Bertz CT molecular complexity index is 545. The van der Waals surface area contributed by atoms with Crippen LogP contribution in [0.2, 0.25) is 0 Å². The molecule has 0 saturated heterocycles. The van der Waals surface area contributed by atoms with Crippen LogP contribution in [0.4, 0.5) is 0 Å². The van der Waals surface area contributed by atoms with Gasteiger partial charge >= 0.3 is 5.97 Å². The van der Waals surface area contributed by atoms with Crippen LogP contribution in [0.3, 0.4) is 0 Å². The summed E-state index contributed by atoms with van der Waals surface area (Å²) >= 11 is 0. The van der Waals surface area contributed by atoms with Crippen LogP contribution in [0.5, 0.6) is 5.75 Å². The lowest BCUT2D eigenvalue weighted by Gasteiger charge is -2.30. The number of methoxy groups -OCH3 is 1. The largest absolute Gasteiger partial charge is 0.493 e. The molecule has 1 aliphatic heterocycles. The fraction of sp³-hybridized carbons (Fsp3) is 0.467. The van der Waals surface area contributed by atoms with Crippen LogP contribution in [0.25, 0.3) is 0 Å². The van der Waals surface area contributed by atoms with Gasteiger partial charge in [0, 0.05) is 12.7 Å². The lowest BCUT2D eigenvalue weighted by Crippen LogP contribution is -2.56. The van der Waals surface area contributed by atoms with E-state index in [2.05, 4.69) is 5.32 Å². The van der Waals surface area contributed by atoms with Crippen molar-refractivity contribution in [2.45, 2.75) is 24.8 Å². The molecule has 0 fully saturated rings. The number of para-hydroxylation sites is 1. The second kappa shape index (κ2) is 6.13. The van der Waals surface area contributed by atoms with Crippen LogP contribution >= 0.6 is 0 Å². The molecule has 1 aromatic rings. The van der Waals surface area contributed by atoms with E-state index >= 15 is 0 Å². The number of amides is 1. The molecule has 0 saturated carbocycles. The summed E-state index contributed by atoms with van der Waals surface area (Å²) in [5.41, 5.74) is -0.662. The summed E-state index contributed by atoms with van der Waals surface area (Å²) in [6.45, 7) is 1.77. The van der Waals surface area contributed by atoms with Crippen molar-refractivity contribution in [2.75, 3.05) is 20.3 Å². The van der Waals surface area contributed by atoms with Gasteiger partial charge in [-0.25, -0.2) is 4.79 Å². The number of nitrogens with one attached hydrogen (secondary N) is 1. The zero-order chi connectivity index (χ0) is 15.5. The molecule has 0 radical (unpaired) electrons. The molecular formula is C15H19NO5. The average Bonchev–Trinajstić information content (AvgIpc) is 2.46. The van der Waals surface area contributed by atoms with E-state index in [9.17, 15) is 14.7 Å². The van der Waals surface area contributed by atoms with Crippen molar-refractivity contribution in [1.82, 2.24) is 5.32 Å². The number of fused-ring (bicyclic) bond motifs is 1. The van der Waals surface area contributed by atoms with Gasteiger partial charge in [0.1, 0.15) is 5.75 Å². The second-order valence-corrected chi connectivity index (χ2v) is 5.29. The average molecular weight is 293 g/mol. The van der Waals surface area contributed by atoms with Crippen molar-refractivity contribution in [3.63, 3.8) is 0 Å². The molecule has 1 aromatic carbocycles. The summed E-state index contributed by atoms with van der Waals surface area (Å²) < 4.78 is 10.4. The second-order valence-electron chi connectivity index (χ2n) is 5.29. The van der Waals surface area contributed by atoms with E-state index in [4.69, 9.17) is 9.47 Å². The minimum atomic E-state index is -1.45. The third kappa shape index (κ3) is 3.16. The number of ether oxygens (including phenoxy) is 2. The van der Waals surface area contributed by atoms with Crippen LogP contribution in [0.1, 0.15) is 24.8 Å². The highest BCUT2D eigenvalue weighted by molar-refractivity contribution is 5.91. The highest BCUT2D eigenvalue weighted by Gasteiger charge is 2.38. The van der Waals surface area contributed by atoms with Gasteiger partial charge in [0.2, 0.25) is 5.91 Å². The molecular weight excluding hydrogens is 274 g/mol. The number of carboxylic acid groups (broad SMARTS) is 1. The van der Waals surface area contributed by atoms with E-state index in [0.29, 0.717) is 18.8 Å². The molecule has 0 aliphatic carbocycles. The first kappa shape index (κ1) is 15.3. The van der Waals surface area contributed by atoms with Crippen molar-refractivity contribution in [3.05, 3.63) is 29.8 Å². The predicted molar refractivity (Wildman–Crippen MR) is 75.4 cm³/mol. The maximum absolute atomic E-state index is 12.5. The summed E-state index contributed by atoms with van der Waals surface area (Å²) in [4.78, 5) is 23.8. The highest BCUT2D eigenvalue weighted by Crippen LogP contribution is 2.33. The Morgan fingerprint density at radius 2 is 2.19 bits per heavy atom. The summed E-state index contributed by atoms with van der Waals surface area (Å²) in [5.74, 6) is -1.19. The highest BCUT2D eigenvalue weighted by atomic mass is 16.5. The van der Waals surface area contributed by atoms with E-state index in [1.165, 1.54) is 14.0 Å². The fourth-order valence-corrected chi connectivity index (χ4v) is 2.41. The first-order valence-electron chi connectivity index (χ1n) is 6.74. The van der Waals surface area contributed by atoms with Gasteiger partial charge in [-0.2, -0.15) is 0 Å². The van der Waals surface area contributed by atoms with E-state index in [-0.39, 0.29) is 12.5 Å². The van der Waals surface area contributed by atoms with E-state index in [1.807, 2.05) is 18.2 Å². The summed E-state index contributed by atoms with van der Waals surface area (Å²) in [7, 11) is 1.40. The monoisotopic (exact) mass is 293 g/mol. The van der Waals surface area contributed by atoms with Crippen LogP contribution in [-0.4, -0.2) is 42.8 Å². The molecule has 0 aromatic heterocycles. The number of rotatable bonds is 5. The summed E-state index contributed by atoms with van der Waals surface area (Å²) in [6, 6.07) is 7.30. The molecule has 21 heavy (non-hydrogen) atoms. The normalized spacial score (nSPS) is 19.8. The molecule has 1 amide bonds. The number of carbonyl (C=O) groups is 2. The summed E-state index contributed by atoms with van der Waals surface area (Å²) in [6.07, 6.45) is 0.519. The third-order valence-corrected chi connectivity index (χ3v) is 3.58. The number of aliphatic carboxylic acids is 1.